The summed E-state index contributed by atoms with van der Waals surface area (Å²) in [7, 11) is 5.97. The molecule has 0 unspecified atom stereocenters. The first kappa shape index (κ1) is 23.6. The van der Waals surface area contributed by atoms with Crippen LogP contribution >= 0.6 is 0 Å². The Bertz CT molecular complexity index is 1370. The van der Waals surface area contributed by atoms with Crippen molar-refractivity contribution in [1.82, 2.24) is 29.1 Å². The molecule has 4 heterocycles. The van der Waals surface area contributed by atoms with Crippen LogP contribution in [0.25, 0.3) is 27.9 Å². The fraction of sp³-hybridized carbons (Fsp3) is 0.435. The third-order valence-electron chi connectivity index (χ3n) is 6.17. The minimum absolute atomic E-state index is 0.0260. The second-order valence-corrected chi connectivity index (χ2v) is 8.83. The van der Waals surface area contributed by atoms with E-state index in [1.54, 1.807) is 31.3 Å². The Morgan fingerprint density at radius 2 is 1.97 bits per heavy atom. The number of aryl methyl sites for hydroxylation is 1. The Kier molecular flexibility index (Phi) is 6.50. The zero-order valence-corrected chi connectivity index (χ0v) is 19.2. The van der Waals surface area contributed by atoms with E-state index in [4.69, 9.17) is 18.8 Å². The summed E-state index contributed by atoms with van der Waals surface area (Å²) >= 11 is 0. The molecule has 174 valence electrons. The Labute approximate surface area is 197 Å². The van der Waals surface area contributed by atoms with Crippen molar-refractivity contribution < 1.29 is 8.78 Å². The standard InChI is InChI=1S/C15H12BF2N7.C8H13N/c1-7-21-10-3-2-9(22-14(10)24(7)6-13(17)18)8-4-12(16)25-11(8)5-20-15(19)23-25;1-8(7-9)5-3-2-4-6-8/h2-5,13H,6H2,1H3,(H2,19,23);2-6H2,1H3. The Morgan fingerprint density at radius 1 is 1.24 bits per heavy atom. The van der Waals surface area contributed by atoms with Crippen molar-refractivity contribution in [3.8, 4) is 17.3 Å². The third kappa shape index (κ3) is 4.71. The van der Waals surface area contributed by atoms with Crippen LogP contribution in [0.15, 0.2) is 24.4 Å². The normalized spacial score (nSPS) is 15.3. The summed E-state index contributed by atoms with van der Waals surface area (Å²) in [5, 5.41) is 12.8. The van der Waals surface area contributed by atoms with Crippen LogP contribution in [0.4, 0.5) is 14.7 Å². The van der Waals surface area contributed by atoms with E-state index in [0.29, 0.717) is 39.4 Å². The highest BCUT2D eigenvalue weighted by Crippen LogP contribution is 2.34. The van der Waals surface area contributed by atoms with E-state index in [1.165, 1.54) is 28.3 Å². The van der Waals surface area contributed by atoms with Gasteiger partial charge < -0.3 is 10.3 Å². The SMILES string of the molecule is CC1(C#N)CCCCC1.[B]c1cc(-c2ccc3nc(C)n(CC(F)F)c3n2)c2cnc(N)nn12. The zero-order valence-electron chi connectivity index (χ0n) is 19.2. The van der Waals surface area contributed by atoms with Gasteiger partial charge in [0.2, 0.25) is 5.95 Å². The number of nitrogen functional groups attached to an aromatic ring is 1. The molecule has 0 aliphatic heterocycles. The highest BCUT2D eigenvalue weighted by Gasteiger charge is 2.25. The van der Waals surface area contributed by atoms with Gasteiger partial charge in [-0.3, -0.25) is 0 Å². The Morgan fingerprint density at radius 3 is 2.62 bits per heavy atom. The lowest BCUT2D eigenvalue weighted by molar-refractivity contribution is 0.127. The van der Waals surface area contributed by atoms with Gasteiger partial charge in [-0.2, -0.15) is 5.26 Å². The average Bonchev–Trinajstić information content (AvgIpc) is 3.30. The number of nitrogens with zero attached hydrogens (tertiary/aromatic N) is 7. The van der Waals surface area contributed by atoms with Gasteiger partial charge in [0, 0.05) is 5.56 Å². The number of rotatable bonds is 3. The topological polar surface area (TPSA) is 111 Å². The number of hydrogen-bond acceptors (Lipinski definition) is 6. The summed E-state index contributed by atoms with van der Waals surface area (Å²) in [4.78, 5) is 12.8. The van der Waals surface area contributed by atoms with Crippen LogP contribution in [0.5, 0.6) is 0 Å². The second-order valence-electron chi connectivity index (χ2n) is 8.83. The molecule has 11 heteroatoms. The zero-order chi connectivity index (χ0) is 24.5. The predicted octanol–water partition coefficient (Wildman–Crippen LogP) is 3.57. The number of halogens is 2. The lowest BCUT2D eigenvalue weighted by Crippen LogP contribution is -2.16. The molecule has 2 N–H and O–H groups in total. The second kappa shape index (κ2) is 9.37. The van der Waals surface area contributed by atoms with E-state index < -0.39 is 13.0 Å². The Hall–Kier alpha value is -3.55. The largest absolute Gasteiger partial charge is 0.367 e. The molecule has 1 saturated carbocycles. The lowest BCUT2D eigenvalue weighted by Gasteiger charge is -2.25. The number of alkyl halides is 2. The van der Waals surface area contributed by atoms with Gasteiger partial charge in [0.25, 0.3) is 6.43 Å². The van der Waals surface area contributed by atoms with Gasteiger partial charge >= 0.3 is 0 Å². The molecule has 8 nitrogen and oxygen atoms in total. The summed E-state index contributed by atoms with van der Waals surface area (Å²) < 4.78 is 28.6. The molecule has 0 aromatic carbocycles. The summed E-state index contributed by atoms with van der Waals surface area (Å²) in [5.74, 6) is 0.577. The van der Waals surface area contributed by atoms with Crippen molar-refractivity contribution in [1.29, 1.82) is 5.26 Å². The molecular weight excluding hydrogens is 437 g/mol. The average molecular weight is 462 g/mol. The minimum Gasteiger partial charge on any atom is -0.367 e. The monoisotopic (exact) mass is 462 g/mol. The van der Waals surface area contributed by atoms with Gasteiger partial charge in [-0.15, -0.1) is 5.10 Å². The molecule has 0 amide bonds. The van der Waals surface area contributed by atoms with E-state index in [-0.39, 0.29) is 11.4 Å². The third-order valence-corrected chi connectivity index (χ3v) is 6.17. The molecule has 5 rings (SSSR count). The molecule has 1 aliphatic carbocycles. The number of nitriles is 1. The van der Waals surface area contributed by atoms with E-state index in [9.17, 15) is 8.78 Å². The highest BCUT2D eigenvalue weighted by atomic mass is 19.3. The maximum Gasteiger partial charge on any atom is 0.256 e. The van der Waals surface area contributed by atoms with Crippen molar-refractivity contribution in [2.45, 2.75) is 58.9 Å². The maximum atomic E-state index is 12.9. The van der Waals surface area contributed by atoms with E-state index in [2.05, 4.69) is 33.0 Å². The highest BCUT2D eigenvalue weighted by molar-refractivity contribution is 6.32. The lowest BCUT2D eigenvalue weighted by atomic mass is 9.77. The first-order valence-electron chi connectivity index (χ1n) is 11.1. The molecule has 0 atom stereocenters. The van der Waals surface area contributed by atoms with E-state index in [1.807, 2.05) is 0 Å². The molecule has 4 aromatic heterocycles. The summed E-state index contributed by atoms with van der Waals surface area (Å²) in [6.07, 6.45) is 5.11. The van der Waals surface area contributed by atoms with Crippen molar-refractivity contribution in [2.24, 2.45) is 5.41 Å². The van der Waals surface area contributed by atoms with Gasteiger partial charge in [-0.25, -0.2) is 28.2 Å². The number of pyridine rings is 1. The van der Waals surface area contributed by atoms with Crippen LogP contribution in [0, 0.1) is 23.7 Å². The quantitative estimate of drug-likeness (QED) is 0.466. The van der Waals surface area contributed by atoms with Crippen LogP contribution in [-0.2, 0) is 6.54 Å². The molecule has 0 saturated heterocycles. The van der Waals surface area contributed by atoms with Gasteiger partial charge in [-0.05, 0) is 50.5 Å². The van der Waals surface area contributed by atoms with Crippen LogP contribution < -0.4 is 11.3 Å². The van der Waals surface area contributed by atoms with Gasteiger partial charge in [-0.1, -0.05) is 19.3 Å². The number of anilines is 1. The number of nitrogens with two attached hydrogens (primary N) is 1. The summed E-state index contributed by atoms with van der Waals surface area (Å²) in [5.41, 5.74) is 8.80. The number of hydrogen-bond donors (Lipinski definition) is 1. The maximum absolute atomic E-state index is 12.9. The van der Waals surface area contributed by atoms with Crippen LogP contribution in [0.3, 0.4) is 0 Å². The summed E-state index contributed by atoms with van der Waals surface area (Å²) in [6.45, 7) is 3.29. The predicted molar refractivity (Wildman–Crippen MR) is 127 cm³/mol. The number of imidazole rings is 1. The van der Waals surface area contributed by atoms with Gasteiger partial charge in [0.1, 0.15) is 19.2 Å². The molecule has 1 fully saturated rings. The van der Waals surface area contributed by atoms with E-state index >= 15 is 0 Å². The van der Waals surface area contributed by atoms with Gasteiger partial charge in [0.05, 0.1) is 35.4 Å². The van der Waals surface area contributed by atoms with Crippen LogP contribution in [-0.4, -0.2) is 43.4 Å². The Balaban J connectivity index is 0.000000257. The van der Waals surface area contributed by atoms with Crippen LogP contribution in [0.1, 0.15) is 44.9 Å². The van der Waals surface area contributed by atoms with Crippen molar-refractivity contribution in [3.63, 3.8) is 0 Å². The van der Waals surface area contributed by atoms with Crippen LogP contribution in [0.2, 0.25) is 0 Å². The van der Waals surface area contributed by atoms with Crippen molar-refractivity contribution in [3.05, 3.63) is 30.2 Å². The molecule has 0 spiro atoms. The first-order valence-corrected chi connectivity index (χ1v) is 11.1. The van der Waals surface area contributed by atoms with Crippen molar-refractivity contribution in [2.75, 3.05) is 5.73 Å². The molecular formula is C23H25BF2N8. The molecule has 2 radical (unpaired) electrons. The van der Waals surface area contributed by atoms with Crippen molar-refractivity contribution >= 4 is 36.1 Å². The smallest absolute Gasteiger partial charge is 0.256 e. The first-order chi connectivity index (χ1) is 16.2. The minimum atomic E-state index is -2.50. The van der Waals surface area contributed by atoms with E-state index in [0.717, 1.165) is 12.8 Å². The van der Waals surface area contributed by atoms with Gasteiger partial charge in [0.15, 0.2) is 5.65 Å². The molecule has 34 heavy (non-hydrogen) atoms. The number of fused-ring (bicyclic) bond motifs is 2. The molecule has 1 aliphatic rings. The fourth-order valence-electron chi connectivity index (χ4n) is 4.30. The number of aromatic nitrogens is 6. The fourth-order valence-corrected chi connectivity index (χ4v) is 4.30. The summed E-state index contributed by atoms with van der Waals surface area (Å²) in [6, 6.07) is 7.57. The molecule has 0 bridgehead atoms. The molecule has 4 aromatic rings.